The summed E-state index contributed by atoms with van der Waals surface area (Å²) in [5, 5.41) is 1.12. The highest BCUT2D eigenvalue weighted by atomic mass is 32.2. The van der Waals surface area contributed by atoms with Gasteiger partial charge in [0.15, 0.2) is 5.84 Å². The third-order valence-electron chi connectivity index (χ3n) is 8.54. The Kier molecular flexibility index (Phi) is 8.17. The lowest BCUT2D eigenvalue weighted by Gasteiger charge is -2.33. The molecule has 4 aromatic carbocycles. The predicted octanol–water partition coefficient (Wildman–Crippen LogP) is 4.40. The van der Waals surface area contributed by atoms with Crippen molar-refractivity contribution in [3.05, 3.63) is 126 Å². The molecule has 1 N–H and O–H groups in total. The number of amides is 4. The Morgan fingerprint density at radius 3 is 2.33 bits per heavy atom. The number of hydrogen-bond acceptors (Lipinski definition) is 8. The van der Waals surface area contributed by atoms with Gasteiger partial charge in [-0.05, 0) is 54.1 Å². The largest absolute Gasteiger partial charge is 0.497 e. The molecule has 1 spiro atoms. The van der Waals surface area contributed by atoms with Crippen LogP contribution in [0.25, 0.3) is 6.08 Å². The lowest BCUT2D eigenvalue weighted by molar-refractivity contribution is -0.133. The summed E-state index contributed by atoms with van der Waals surface area (Å²) in [6.07, 6.45) is 1.67. The van der Waals surface area contributed by atoms with E-state index in [0.29, 0.717) is 28.3 Å². The molecule has 1 saturated heterocycles. The first-order valence-electron chi connectivity index (χ1n) is 15.5. The summed E-state index contributed by atoms with van der Waals surface area (Å²) in [6.45, 7) is -0.403. The number of carbonyl (C=O) groups excluding carboxylic acids is 4. The van der Waals surface area contributed by atoms with Gasteiger partial charge in [-0.2, -0.15) is 5.01 Å². The molecule has 1 unspecified atom stereocenters. The van der Waals surface area contributed by atoms with Crippen LogP contribution in [-0.4, -0.2) is 68.0 Å². The zero-order chi connectivity index (χ0) is 34.3. The quantitative estimate of drug-likeness (QED) is 0.276. The Morgan fingerprint density at radius 2 is 1.63 bits per heavy atom. The maximum absolute atomic E-state index is 14.5. The van der Waals surface area contributed by atoms with E-state index in [2.05, 4.69) is 10.4 Å². The summed E-state index contributed by atoms with van der Waals surface area (Å²) < 4.78 is 5.29. The summed E-state index contributed by atoms with van der Waals surface area (Å²) in [6, 6.07) is 30.8. The van der Waals surface area contributed by atoms with Crippen LogP contribution in [0.5, 0.6) is 5.75 Å². The van der Waals surface area contributed by atoms with E-state index in [1.807, 2.05) is 61.5 Å². The Hall–Kier alpha value is -5.88. The minimum Gasteiger partial charge on any atom is -0.497 e. The van der Waals surface area contributed by atoms with E-state index in [4.69, 9.17) is 4.74 Å². The van der Waals surface area contributed by atoms with Crippen molar-refractivity contribution in [2.45, 2.75) is 4.87 Å². The van der Waals surface area contributed by atoms with Crippen molar-refractivity contribution in [1.82, 2.24) is 10.4 Å². The van der Waals surface area contributed by atoms with Gasteiger partial charge in [0.25, 0.3) is 17.7 Å². The number of amidine groups is 1. The highest BCUT2D eigenvalue weighted by molar-refractivity contribution is 8.02. The average Bonchev–Trinajstić information content (AvgIpc) is 3.71. The van der Waals surface area contributed by atoms with E-state index in [1.165, 1.54) is 21.6 Å². The number of benzene rings is 4. The Bertz CT molecular complexity index is 2030. The smallest absolute Gasteiger partial charge is 0.297 e. The fraction of sp³-hybridized carbons (Fsp3) is 0.162. The van der Waals surface area contributed by atoms with Gasteiger partial charge in [-0.3, -0.25) is 34.4 Å². The number of aliphatic imine (C=N–C) groups is 1. The first-order valence-corrected chi connectivity index (χ1v) is 16.5. The van der Waals surface area contributed by atoms with E-state index in [1.54, 1.807) is 73.8 Å². The van der Waals surface area contributed by atoms with Crippen LogP contribution in [0.2, 0.25) is 0 Å². The molecule has 246 valence electrons. The minimum absolute atomic E-state index is 0.0816. The fourth-order valence-corrected chi connectivity index (χ4v) is 7.53. The number of nitrogens with one attached hydrogen (secondary N) is 1. The molecule has 4 aromatic rings. The molecule has 3 heterocycles. The highest BCUT2D eigenvalue weighted by Crippen LogP contribution is 2.55. The van der Waals surface area contributed by atoms with E-state index < -0.39 is 29.1 Å². The third-order valence-corrected chi connectivity index (χ3v) is 9.92. The van der Waals surface area contributed by atoms with Gasteiger partial charge >= 0.3 is 0 Å². The van der Waals surface area contributed by atoms with Gasteiger partial charge in [0.1, 0.15) is 18.0 Å². The molecule has 3 aliphatic heterocycles. The number of methoxy groups -OCH3 is 1. The molecule has 11 nitrogen and oxygen atoms in total. The summed E-state index contributed by atoms with van der Waals surface area (Å²) >= 11 is 1.22. The number of para-hydroxylation sites is 1. The van der Waals surface area contributed by atoms with Gasteiger partial charge in [-0.1, -0.05) is 60.7 Å². The molecule has 4 amide bonds. The molecule has 1 atom stereocenters. The molecule has 0 bridgehead atoms. The zero-order valence-corrected chi connectivity index (χ0v) is 27.8. The molecule has 1 fully saturated rings. The van der Waals surface area contributed by atoms with Gasteiger partial charge in [-0.25, -0.2) is 4.99 Å². The molecule has 49 heavy (non-hydrogen) atoms. The number of hydrogen-bond donors (Lipinski definition) is 1. The normalized spacial score (nSPS) is 19.2. The van der Waals surface area contributed by atoms with Crippen LogP contribution in [-0.2, 0) is 24.0 Å². The van der Waals surface area contributed by atoms with Crippen molar-refractivity contribution in [2.24, 2.45) is 4.99 Å². The number of anilines is 3. The first kappa shape index (κ1) is 31.7. The summed E-state index contributed by atoms with van der Waals surface area (Å²) in [5.74, 6) is -0.840. The number of rotatable bonds is 8. The molecule has 3 aliphatic rings. The summed E-state index contributed by atoms with van der Waals surface area (Å²) in [5.41, 5.74) is 6.91. The monoisotopic (exact) mass is 672 g/mol. The van der Waals surface area contributed by atoms with Crippen LogP contribution in [0.3, 0.4) is 0 Å². The van der Waals surface area contributed by atoms with Gasteiger partial charge < -0.3 is 9.64 Å². The van der Waals surface area contributed by atoms with Crippen molar-refractivity contribution in [3.8, 4) is 5.75 Å². The molecule has 0 aromatic heterocycles. The van der Waals surface area contributed by atoms with Crippen LogP contribution in [0.4, 0.5) is 17.1 Å². The molecule has 0 saturated carbocycles. The van der Waals surface area contributed by atoms with Gasteiger partial charge in [0.2, 0.25) is 10.8 Å². The minimum atomic E-state index is -1.40. The van der Waals surface area contributed by atoms with E-state index in [9.17, 15) is 19.2 Å². The summed E-state index contributed by atoms with van der Waals surface area (Å²) in [7, 11) is 5.45. The molecular weight excluding hydrogens is 641 g/mol. The standard InChI is InChI=1S/C37H32N6O5S/c1-40(2)26-15-13-24(14-16-26)21-30-35(46)43(34(38-30)25-9-5-4-6-10-25)39-32(44)22-41-31-12-8-7-11-29(31)37(36(41)47)42(33(45)23-49-37)27-17-19-28(48-3)20-18-27/h4-21H,22-23H2,1-3H3,(H,39,44)/b30-21-. The fourth-order valence-electron chi connectivity index (χ4n) is 6.18. The van der Waals surface area contributed by atoms with Crippen LogP contribution >= 0.6 is 11.8 Å². The van der Waals surface area contributed by atoms with Crippen LogP contribution in [0.15, 0.2) is 114 Å². The lowest BCUT2D eigenvalue weighted by Crippen LogP contribution is -2.54. The molecule has 0 aliphatic carbocycles. The molecule has 12 heteroatoms. The van der Waals surface area contributed by atoms with Crippen LogP contribution < -0.4 is 24.9 Å². The van der Waals surface area contributed by atoms with Gasteiger partial charge in [0.05, 0.1) is 18.6 Å². The van der Waals surface area contributed by atoms with Crippen molar-refractivity contribution < 1.29 is 23.9 Å². The van der Waals surface area contributed by atoms with Gasteiger partial charge in [0, 0.05) is 36.6 Å². The molecule has 0 radical (unpaired) electrons. The lowest BCUT2D eigenvalue weighted by atomic mass is 10.0. The van der Waals surface area contributed by atoms with Crippen molar-refractivity contribution in [1.29, 1.82) is 0 Å². The number of carbonyl (C=O) groups is 4. The predicted molar refractivity (Wildman–Crippen MR) is 190 cm³/mol. The number of thioether (sulfide) groups is 1. The third kappa shape index (κ3) is 5.49. The van der Waals surface area contributed by atoms with E-state index in [0.717, 1.165) is 16.3 Å². The maximum atomic E-state index is 14.5. The zero-order valence-electron chi connectivity index (χ0n) is 27.0. The topological polar surface area (TPSA) is 115 Å². The molecular formula is C37H32N6O5S. The highest BCUT2D eigenvalue weighted by Gasteiger charge is 2.61. The van der Waals surface area contributed by atoms with Crippen molar-refractivity contribution in [2.75, 3.05) is 48.2 Å². The second kappa shape index (κ2) is 12.6. The number of hydrazine groups is 1. The molecule has 7 rings (SSSR count). The SMILES string of the molecule is COc1ccc(N2C(=O)CSC23C(=O)N(CC(=O)NN2C(=O)/C(=C/c4ccc(N(C)C)cc4)N=C2c2ccccc2)c2ccccc23)cc1. The first-order chi connectivity index (χ1) is 23.7. The van der Waals surface area contributed by atoms with Crippen LogP contribution in [0.1, 0.15) is 16.7 Å². The van der Waals surface area contributed by atoms with Crippen molar-refractivity contribution in [3.63, 3.8) is 0 Å². The summed E-state index contributed by atoms with van der Waals surface area (Å²) in [4.78, 5) is 63.5. The second-order valence-corrected chi connectivity index (χ2v) is 12.9. The van der Waals surface area contributed by atoms with Crippen molar-refractivity contribution >= 4 is 64.4 Å². The van der Waals surface area contributed by atoms with Crippen LogP contribution in [0, 0.1) is 0 Å². The Balaban J connectivity index is 1.18. The number of fused-ring (bicyclic) bond motifs is 2. The Morgan fingerprint density at radius 1 is 0.939 bits per heavy atom. The number of nitrogens with zero attached hydrogens (tertiary/aromatic N) is 5. The maximum Gasteiger partial charge on any atom is 0.297 e. The van der Waals surface area contributed by atoms with E-state index >= 15 is 0 Å². The average molecular weight is 673 g/mol. The van der Waals surface area contributed by atoms with Gasteiger partial charge in [-0.15, -0.1) is 11.8 Å². The second-order valence-electron chi connectivity index (χ2n) is 11.8. The number of ether oxygens (including phenoxy) is 1. The van der Waals surface area contributed by atoms with E-state index in [-0.39, 0.29) is 23.2 Å². The Labute approximate surface area is 287 Å².